The number of nitrogens with one attached hydrogen (secondary N) is 1. The largest absolute Gasteiger partial charge is 0.435 e. The van der Waals surface area contributed by atoms with Gasteiger partial charge in [-0.15, -0.1) is 11.3 Å². The molecule has 0 spiro atoms. The molecule has 160 valence electrons. The summed E-state index contributed by atoms with van der Waals surface area (Å²) in [7, 11) is 0. The molecule has 3 N–H and O–H groups in total. The number of halogens is 4. The molecule has 4 aromatic heterocycles. The van der Waals surface area contributed by atoms with Gasteiger partial charge in [0.2, 0.25) is 0 Å². The van der Waals surface area contributed by atoms with E-state index in [0.29, 0.717) is 25.8 Å². The minimum absolute atomic E-state index is 0.0120. The summed E-state index contributed by atoms with van der Waals surface area (Å²) in [6, 6.07) is 3.45. The van der Waals surface area contributed by atoms with E-state index in [1.807, 2.05) is 0 Å². The SMILES string of the molecule is Cc1snc2sc(C(N)=O)c(NC(=O)c3cc(C(F)(F)F)nn3-c3ncccc3Cl)c12. The molecular weight excluding hydrogens is 477 g/mol. The molecule has 4 aromatic rings. The lowest BCUT2D eigenvalue weighted by molar-refractivity contribution is -0.141. The van der Waals surface area contributed by atoms with Gasteiger partial charge in [0.25, 0.3) is 11.8 Å². The van der Waals surface area contributed by atoms with Gasteiger partial charge in [-0.25, -0.2) is 9.67 Å². The molecule has 0 aliphatic carbocycles. The topological polar surface area (TPSA) is 116 Å². The monoisotopic (exact) mass is 486 g/mol. The van der Waals surface area contributed by atoms with Crippen LogP contribution in [0.2, 0.25) is 5.02 Å². The van der Waals surface area contributed by atoms with Gasteiger partial charge in [0.15, 0.2) is 11.5 Å². The van der Waals surface area contributed by atoms with Crippen molar-refractivity contribution in [2.24, 2.45) is 5.73 Å². The average molecular weight is 487 g/mol. The molecule has 14 heteroatoms. The van der Waals surface area contributed by atoms with Gasteiger partial charge in [0.1, 0.15) is 15.4 Å². The fourth-order valence-corrected chi connectivity index (χ4v) is 4.85. The van der Waals surface area contributed by atoms with Crippen LogP contribution in [0.4, 0.5) is 18.9 Å². The number of carbonyl (C=O) groups is 2. The van der Waals surface area contributed by atoms with E-state index in [4.69, 9.17) is 17.3 Å². The number of alkyl halides is 3. The minimum atomic E-state index is -4.82. The van der Waals surface area contributed by atoms with Gasteiger partial charge in [-0.05, 0) is 30.6 Å². The van der Waals surface area contributed by atoms with E-state index in [0.717, 1.165) is 22.9 Å². The maximum Gasteiger partial charge on any atom is 0.435 e. The maximum atomic E-state index is 13.3. The number of fused-ring (bicyclic) bond motifs is 1. The smallest absolute Gasteiger partial charge is 0.365 e. The van der Waals surface area contributed by atoms with Crippen molar-refractivity contribution in [2.75, 3.05) is 5.32 Å². The summed E-state index contributed by atoms with van der Waals surface area (Å²) in [5.41, 5.74) is 3.70. The van der Waals surface area contributed by atoms with Crippen LogP contribution in [0.15, 0.2) is 24.4 Å². The second kappa shape index (κ2) is 7.59. The zero-order valence-electron chi connectivity index (χ0n) is 15.3. The number of primary amides is 1. The Bertz CT molecular complexity index is 1340. The van der Waals surface area contributed by atoms with Crippen LogP contribution in [0.3, 0.4) is 0 Å². The number of carbonyl (C=O) groups excluding carboxylic acids is 2. The Morgan fingerprint density at radius 1 is 1.32 bits per heavy atom. The Hall–Kier alpha value is -3.03. The van der Waals surface area contributed by atoms with E-state index < -0.39 is 29.4 Å². The Balaban J connectivity index is 1.85. The fourth-order valence-electron chi connectivity index (χ4n) is 2.81. The molecule has 0 radical (unpaired) electrons. The average Bonchev–Trinajstić information content (AvgIpc) is 3.37. The Morgan fingerprint density at radius 3 is 2.71 bits per heavy atom. The first-order valence-electron chi connectivity index (χ1n) is 8.36. The third-order valence-electron chi connectivity index (χ3n) is 4.14. The lowest BCUT2D eigenvalue weighted by Crippen LogP contribution is -2.20. The highest BCUT2D eigenvalue weighted by Crippen LogP contribution is 2.39. The predicted octanol–water partition coefficient (Wildman–Crippen LogP) is 4.27. The zero-order valence-corrected chi connectivity index (χ0v) is 17.7. The number of hydrogen-bond donors (Lipinski definition) is 2. The molecular formula is C17H10ClF3N6O2S2. The van der Waals surface area contributed by atoms with Gasteiger partial charge >= 0.3 is 6.18 Å². The number of amides is 2. The van der Waals surface area contributed by atoms with Gasteiger partial charge in [-0.1, -0.05) is 11.6 Å². The molecule has 4 heterocycles. The standard InChI is InChI=1S/C17H10ClF3N6O2S2/c1-6-10-11(12(13(22)28)30-16(10)26-31-6)24-15(29)8-5-9(17(19,20)21)25-27(8)14-7(18)3-2-4-23-14/h2-5H,1H3,(H2,22,28)(H,24,29). The summed E-state index contributed by atoms with van der Waals surface area (Å²) in [4.78, 5) is 30.0. The molecule has 0 atom stereocenters. The molecule has 0 aliphatic heterocycles. The third kappa shape index (κ3) is 3.75. The summed E-state index contributed by atoms with van der Waals surface area (Å²) in [5, 5.41) is 6.45. The number of thiophene rings is 1. The van der Waals surface area contributed by atoms with Crippen molar-refractivity contribution >= 4 is 62.2 Å². The van der Waals surface area contributed by atoms with E-state index in [1.165, 1.54) is 18.3 Å². The Kier molecular flexibility index (Phi) is 5.19. The number of anilines is 1. The van der Waals surface area contributed by atoms with E-state index in [2.05, 4.69) is 19.8 Å². The second-order valence-electron chi connectivity index (χ2n) is 6.18. The van der Waals surface area contributed by atoms with Gasteiger partial charge in [0, 0.05) is 17.1 Å². The molecule has 0 bridgehead atoms. The first-order chi connectivity index (χ1) is 14.6. The van der Waals surface area contributed by atoms with Crippen LogP contribution in [-0.2, 0) is 6.18 Å². The first kappa shape index (κ1) is 21.2. The van der Waals surface area contributed by atoms with Crippen molar-refractivity contribution in [3.05, 3.63) is 50.6 Å². The summed E-state index contributed by atoms with van der Waals surface area (Å²) in [5.74, 6) is -1.93. The molecule has 0 saturated carbocycles. The highest BCUT2D eigenvalue weighted by atomic mass is 35.5. The number of nitrogens with zero attached hydrogens (tertiary/aromatic N) is 4. The molecule has 0 aliphatic rings. The van der Waals surface area contributed by atoms with Gasteiger partial charge in [0.05, 0.1) is 16.1 Å². The van der Waals surface area contributed by atoms with Crippen molar-refractivity contribution in [2.45, 2.75) is 13.1 Å². The summed E-state index contributed by atoms with van der Waals surface area (Å²) >= 11 is 8.18. The molecule has 2 amide bonds. The second-order valence-corrected chi connectivity index (χ2v) is 8.56. The molecule has 0 unspecified atom stereocenters. The van der Waals surface area contributed by atoms with Crippen LogP contribution in [0, 0.1) is 6.92 Å². The highest BCUT2D eigenvalue weighted by molar-refractivity contribution is 7.23. The fraction of sp³-hybridized carbons (Fsp3) is 0.118. The van der Waals surface area contributed by atoms with Gasteiger partial charge in [-0.2, -0.15) is 22.6 Å². The maximum absolute atomic E-state index is 13.3. The number of rotatable bonds is 4. The van der Waals surface area contributed by atoms with Gasteiger partial charge in [-0.3, -0.25) is 9.59 Å². The van der Waals surface area contributed by atoms with Gasteiger partial charge < -0.3 is 11.1 Å². The first-order valence-corrected chi connectivity index (χ1v) is 10.3. The normalized spacial score (nSPS) is 11.8. The summed E-state index contributed by atoms with van der Waals surface area (Å²) in [6.07, 6.45) is -3.52. The molecule has 0 aromatic carbocycles. The number of aromatic nitrogens is 4. The lowest BCUT2D eigenvalue weighted by Gasteiger charge is -2.09. The lowest BCUT2D eigenvalue weighted by atomic mass is 10.2. The van der Waals surface area contributed by atoms with Crippen LogP contribution < -0.4 is 11.1 Å². The predicted molar refractivity (Wildman–Crippen MR) is 110 cm³/mol. The van der Waals surface area contributed by atoms with E-state index in [9.17, 15) is 22.8 Å². The van der Waals surface area contributed by atoms with Crippen LogP contribution in [0.5, 0.6) is 0 Å². The molecule has 31 heavy (non-hydrogen) atoms. The van der Waals surface area contributed by atoms with Crippen molar-refractivity contribution < 1.29 is 22.8 Å². The number of nitrogens with two attached hydrogens (primary N) is 1. The summed E-state index contributed by atoms with van der Waals surface area (Å²) < 4.78 is 44.8. The highest BCUT2D eigenvalue weighted by Gasteiger charge is 2.37. The molecule has 0 fully saturated rings. The van der Waals surface area contributed by atoms with Crippen LogP contribution in [-0.4, -0.2) is 31.0 Å². The quantitative estimate of drug-likeness (QED) is 0.447. The van der Waals surface area contributed by atoms with E-state index in [1.54, 1.807) is 6.92 Å². The molecule has 8 nitrogen and oxygen atoms in total. The van der Waals surface area contributed by atoms with Crippen molar-refractivity contribution in [1.82, 2.24) is 19.1 Å². The van der Waals surface area contributed by atoms with Crippen molar-refractivity contribution in [3.63, 3.8) is 0 Å². The van der Waals surface area contributed by atoms with Crippen LogP contribution in [0.25, 0.3) is 16.0 Å². The minimum Gasteiger partial charge on any atom is -0.365 e. The zero-order chi connectivity index (χ0) is 22.5. The summed E-state index contributed by atoms with van der Waals surface area (Å²) in [6.45, 7) is 1.73. The number of pyridine rings is 1. The van der Waals surface area contributed by atoms with Crippen molar-refractivity contribution in [1.29, 1.82) is 0 Å². The number of aryl methyl sites for hydroxylation is 1. The Labute approximate surface area is 184 Å². The van der Waals surface area contributed by atoms with Crippen molar-refractivity contribution in [3.8, 4) is 5.82 Å². The van der Waals surface area contributed by atoms with E-state index in [-0.39, 0.29) is 21.4 Å². The van der Waals surface area contributed by atoms with E-state index >= 15 is 0 Å². The third-order valence-corrected chi connectivity index (χ3v) is 6.40. The molecule has 4 rings (SSSR count). The Morgan fingerprint density at radius 2 is 2.06 bits per heavy atom. The molecule has 0 saturated heterocycles. The van der Waals surface area contributed by atoms with Crippen LogP contribution >= 0.6 is 34.5 Å². The van der Waals surface area contributed by atoms with Crippen LogP contribution in [0.1, 0.15) is 30.7 Å². The number of hydrogen-bond acceptors (Lipinski definition) is 7.